The van der Waals surface area contributed by atoms with Crippen LogP contribution >= 0.6 is 0 Å². The molecule has 0 aliphatic heterocycles. The summed E-state index contributed by atoms with van der Waals surface area (Å²) in [5, 5.41) is 11.8. The Kier molecular flexibility index (Phi) is 8.88. The van der Waals surface area contributed by atoms with E-state index >= 15 is 0 Å². The van der Waals surface area contributed by atoms with Crippen molar-refractivity contribution in [3.63, 3.8) is 0 Å². The number of carbonyl (C=O) groups excluding carboxylic acids is 2. The molecule has 1 aromatic carbocycles. The largest absolute Gasteiger partial charge is 0.467 e. The zero-order chi connectivity index (χ0) is 24.3. The molecule has 0 saturated carbocycles. The number of amides is 3. The normalized spacial score (nSPS) is 10.5. The summed E-state index contributed by atoms with van der Waals surface area (Å²) in [6.45, 7) is 1.39. The fourth-order valence-electron chi connectivity index (χ4n) is 3.43. The number of rotatable bonds is 11. The molecule has 0 atom stereocenters. The first kappa shape index (κ1) is 24.6. The lowest BCUT2D eigenvalue weighted by Gasteiger charge is -2.27. The average Bonchev–Trinajstić information content (AvgIpc) is 3.50. The lowest BCUT2D eigenvalue weighted by Crippen LogP contribution is -2.44. The molecule has 0 spiro atoms. The Morgan fingerprint density at radius 3 is 2.53 bits per heavy atom. The molecular weight excluding hydrogens is 434 g/mol. The molecule has 0 bridgehead atoms. The second kappa shape index (κ2) is 12.3. The van der Waals surface area contributed by atoms with Crippen LogP contribution in [0.15, 0.2) is 65.4 Å². The number of methoxy groups -OCH3 is 1. The van der Waals surface area contributed by atoms with Gasteiger partial charge in [-0.15, -0.1) is 0 Å². The van der Waals surface area contributed by atoms with Gasteiger partial charge >= 0.3 is 6.03 Å². The molecule has 3 aromatic rings. The molecule has 0 unspecified atom stereocenters. The minimum atomic E-state index is -0.397. The molecule has 1 N–H and O–H groups in total. The number of ether oxygens (including phenoxy) is 1. The van der Waals surface area contributed by atoms with Crippen molar-refractivity contribution >= 4 is 17.6 Å². The van der Waals surface area contributed by atoms with E-state index in [1.807, 2.05) is 42.1 Å². The Morgan fingerprint density at radius 2 is 1.91 bits per heavy atom. The number of nitriles is 1. The molecule has 2 heterocycles. The van der Waals surface area contributed by atoms with Gasteiger partial charge in [-0.05, 0) is 55.0 Å². The number of carbonyl (C=O) groups is 2. The van der Waals surface area contributed by atoms with Gasteiger partial charge in [-0.3, -0.25) is 4.79 Å². The molecule has 0 aliphatic carbocycles. The van der Waals surface area contributed by atoms with Crippen molar-refractivity contribution < 1.29 is 18.7 Å². The minimum absolute atomic E-state index is 0.100. The van der Waals surface area contributed by atoms with E-state index in [0.717, 1.165) is 5.69 Å². The topological polar surface area (TPSA) is 104 Å². The van der Waals surface area contributed by atoms with Crippen LogP contribution < -0.4 is 5.32 Å². The first-order valence-electron chi connectivity index (χ1n) is 11.0. The van der Waals surface area contributed by atoms with Crippen molar-refractivity contribution in [1.82, 2.24) is 14.4 Å². The van der Waals surface area contributed by atoms with Crippen molar-refractivity contribution in [2.75, 3.05) is 32.1 Å². The van der Waals surface area contributed by atoms with Crippen LogP contribution in [-0.4, -0.2) is 53.1 Å². The van der Waals surface area contributed by atoms with E-state index < -0.39 is 6.03 Å². The fourth-order valence-corrected chi connectivity index (χ4v) is 3.43. The molecule has 0 fully saturated rings. The third kappa shape index (κ3) is 6.98. The fraction of sp³-hybridized carbons (Fsp3) is 0.320. The maximum atomic E-state index is 13.4. The minimum Gasteiger partial charge on any atom is -0.467 e. The highest BCUT2D eigenvalue weighted by Gasteiger charge is 2.23. The number of furan rings is 1. The van der Waals surface area contributed by atoms with Gasteiger partial charge in [0.1, 0.15) is 12.3 Å². The summed E-state index contributed by atoms with van der Waals surface area (Å²) < 4.78 is 12.5. The van der Waals surface area contributed by atoms with Gasteiger partial charge in [0.15, 0.2) is 0 Å². The van der Waals surface area contributed by atoms with E-state index in [2.05, 4.69) is 5.32 Å². The molecule has 3 rings (SSSR count). The summed E-state index contributed by atoms with van der Waals surface area (Å²) in [7, 11) is 3.52. The quantitative estimate of drug-likeness (QED) is 0.438. The van der Waals surface area contributed by atoms with Crippen molar-refractivity contribution in [2.24, 2.45) is 7.05 Å². The van der Waals surface area contributed by atoms with E-state index in [4.69, 9.17) is 14.4 Å². The molecule has 0 radical (unpaired) electrons. The van der Waals surface area contributed by atoms with Crippen molar-refractivity contribution in [3.8, 4) is 6.07 Å². The molecule has 34 heavy (non-hydrogen) atoms. The summed E-state index contributed by atoms with van der Waals surface area (Å²) in [5.74, 6) is 0.459. The first-order chi connectivity index (χ1) is 16.5. The third-order valence-corrected chi connectivity index (χ3v) is 5.34. The lowest BCUT2D eigenvalue weighted by atomic mass is 10.2. The summed E-state index contributed by atoms with van der Waals surface area (Å²) in [4.78, 5) is 29.5. The maximum Gasteiger partial charge on any atom is 0.322 e. The Hall–Kier alpha value is -4.03. The number of urea groups is 1. The lowest BCUT2D eigenvalue weighted by molar-refractivity contribution is -0.133. The van der Waals surface area contributed by atoms with Crippen LogP contribution in [0.2, 0.25) is 0 Å². The smallest absolute Gasteiger partial charge is 0.322 e. The number of anilines is 1. The number of hydrogen-bond acceptors (Lipinski definition) is 5. The number of aromatic nitrogens is 1. The summed E-state index contributed by atoms with van der Waals surface area (Å²) in [5.41, 5.74) is 2.01. The molecule has 2 aromatic heterocycles. The number of hydrogen-bond donors (Lipinski definition) is 1. The Balaban J connectivity index is 1.73. The van der Waals surface area contributed by atoms with Gasteiger partial charge in [0.05, 0.1) is 31.0 Å². The second-order valence-electron chi connectivity index (χ2n) is 7.83. The Labute approximate surface area is 199 Å². The van der Waals surface area contributed by atoms with E-state index in [-0.39, 0.29) is 12.5 Å². The highest BCUT2D eigenvalue weighted by atomic mass is 16.5. The van der Waals surface area contributed by atoms with Crippen LogP contribution in [0, 0.1) is 11.3 Å². The van der Waals surface area contributed by atoms with E-state index in [1.165, 1.54) is 4.90 Å². The van der Waals surface area contributed by atoms with E-state index in [0.29, 0.717) is 49.7 Å². The zero-order valence-electron chi connectivity index (χ0n) is 19.4. The molecule has 0 aliphatic rings. The third-order valence-electron chi connectivity index (χ3n) is 5.34. The molecule has 3 amide bonds. The van der Waals surface area contributed by atoms with Crippen LogP contribution in [0.3, 0.4) is 0 Å². The molecular formula is C25H29N5O4. The number of benzene rings is 1. The van der Waals surface area contributed by atoms with Gasteiger partial charge in [-0.2, -0.15) is 5.26 Å². The molecule has 178 valence electrons. The molecule has 9 heteroatoms. The summed E-state index contributed by atoms with van der Waals surface area (Å²) >= 11 is 0. The highest BCUT2D eigenvalue weighted by molar-refractivity contribution is 5.92. The SMILES string of the molecule is COCCCN(CC(=O)N(Cc1ccco1)Cc1cccn1C)C(=O)Nc1ccc(C#N)cc1. The zero-order valence-corrected chi connectivity index (χ0v) is 19.4. The molecule has 0 saturated heterocycles. The predicted molar refractivity (Wildman–Crippen MR) is 127 cm³/mol. The van der Waals surface area contributed by atoms with Crippen LogP contribution in [0.1, 0.15) is 23.4 Å². The van der Waals surface area contributed by atoms with Crippen LogP contribution in [0.5, 0.6) is 0 Å². The van der Waals surface area contributed by atoms with E-state index in [1.54, 1.807) is 48.6 Å². The first-order valence-corrected chi connectivity index (χ1v) is 11.0. The van der Waals surface area contributed by atoms with Gasteiger partial charge < -0.3 is 28.8 Å². The van der Waals surface area contributed by atoms with Gasteiger partial charge in [-0.25, -0.2) is 4.79 Å². The van der Waals surface area contributed by atoms with Crippen LogP contribution in [-0.2, 0) is 29.7 Å². The van der Waals surface area contributed by atoms with Gasteiger partial charge in [-0.1, -0.05) is 0 Å². The van der Waals surface area contributed by atoms with Crippen LogP contribution in [0.4, 0.5) is 10.5 Å². The highest BCUT2D eigenvalue weighted by Crippen LogP contribution is 2.14. The molecule has 9 nitrogen and oxygen atoms in total. The average molecular weight is 464 g/mol. The van der Waals surface area contributed by atoms with E-state index in [9.17, 15) is 9.59 Å². The monoisotopic (exact) mass is 463 g/mol. The van der Waals surface area contributed by atoms with Gasteiger partial charge in [0.2, 0.25) is 5.91 Å². The van der Waals surface area contributed by atoms with Gasteiger partial charge in [0.25, 0.3) is 0 Å². The second-order valence-corrected chi connectivity index (χ2v) is 7.83. The van der Waals surface area contributed by atoms with Crippen molar-refractivity contribution in [2.45, 2.75) is 19.5 Å². The predicted octanol–water partition coefficient (Wildman–Crippen LogP) is 3.59. The van der Waals surface area contributed by atoms with Crippen LogP contribution in [0.25, 0.3) is 0 Å². The number of nitrogens with one attached hydrogen (secondary N) is 1. The van der Waals surface area contributed by atoms with Gasteiger partial charge in [0, 0.05) is 44.9 Å². The number of aryl methyl sites for hydroxylation is 1. The number of nitrogens with zero attached hydrogens (tertiary/aromatic N) is 4. The Morgan fingerprint density at radius 1 is 1.12 bits per heavy atom. The van der Waals surface area contributed by atoms with Crippen molar-refractivity contribution in [1.29, 1.82) is 5.26 Å². The standard InChI is InChI=1S/C25H29N5O4/c1-28-12-3-6-22(28)17-30(18-23-7-4-15-34-23)24(31)19-29(13-5-14-33-2)25(32)27-21-10-8-20(16-26)9-11-21/h3-4,6-12,15H,5,13-14,17-19H2,1-2H3,(H,27,32). The van der Waals surface area contributed by atoms with Crippen molar-refractivity contribution in [3.05, 3.63) is 78.0 Å². The summed E-state index contributed by atoms with van der Waals surface area (Å²) in [6.07, 6.45) is 4.08. The Bertz CT molecular complexity index is 1100. The maximum absolute atomic E-state index is 13.4. The summed E-state index contributed by atoms with van der Waals surface area (Å²) in [6, 6.07) is 15.7.